The molecule has 0 aliphatic heterocycles. The molecule has 0 fully saturated rings. The maximum atomic E-state index is 10.3. The highest BCUT2D eigenvalue weighted by atomic mass is 16.4. The first kappa shape index (κ1) is 6.91. The van der Waals surface area contributed by atoms with Crippen molar-refractivity contribution < 1.29 is 14.3 Å². The second kappa shape index (κ2) is 2.37. The Balaban J connectivity index is 2.87. The number of furan rings is 1. The minimum Gasteiger partial charge on any atom is -0.504 e. The van der Waals surface area contributed by atoms with E-state index in [-0.39, 0.29) is 11.5 Å². The summed E-state index contributed by atoms with van der Waals surface area (Å²) >= 11 is 0. The quantitative estimate of drug-likeness (QED) is 0.652. The number of benzene rings is 1. The van der Waals surface area contributed by atoms with E-state index in [2.05, 4.69) is 0 Å². The topological polar surface area (TPSA) is 50.4 Å². The van der Waals surface area contributed by atoms with E-state index >= 15 is 0 Å². The minimum atomic E-state index is -0.0828. The fourth-order valence-electron chi connectivity index (χ4n) is 1.13. The molecule has 0 atom stereocenters. The third kappa shape index (κ3) is 0.797. The van der Waals surface area contributed by atoms with Crippen molar-refractivity contribution in [2.75, 3.05) is 0 Å². The number of fused-ring (bicyclic) bond motifs is 1. The highest BCUT2D eigenvalue weighted by Crippen LogP contribution is 2.29. The number of aldehydes is 1. The first-order valence-corrected chi connectivity index (χ1v) is 3.48. The van der Waals surface area contributed by atoms with Gasteiger partial charge in [-0.25, -0.2) is 0 Å². The number of para-hydroxylation sites is 1. The fourth-order valence-corrected chi connectivity index (χ4v) is 1.13. The van der Waals surface area contributed by atoms with Crippen LogP contribution in [0.3, 0.4) is 0 Å². The molecule has 3 heteroatoms. The molecule has 0 saturated heterocycles. The van der Waals surface area contributed by atoms with Gasteiger partial charge in [0.05, 0.1) is 5.39 Å². The molecule has 12 heavy (non-hydrogen) atoms. The summed E-state index contributed by atoms with van der Waals surface area (Å²) in [6.07, 6.45) is 0.495. The number of aromatic hydroxyl groups is 1. The van der Waals surface area contributed by atoms with Gasteiger partial charge in [-0.05, 0) is 12.1 Å². The summed E-state index contributed by atoms with van der Waals surface area (Å²) in [5, 5.41) is 9.93. The van der Waals surface area contributed by atoms with Crippen molar-refractivity contribution in [1.82, 2.24) is 0 Å². The predicted molar refractivity (Wildman–Crippen MR) is 43.3 cm³/mol. The zero-order valence-electron chi connectivity index (χ0n) is 6.15. The average molecular weight is 162 g/mol. The molecule has 0 amide bonds. The van der Waals surface area contributed by atoms with Crippen LogP contribution in [0.2, 0.25) is 0 Å². The molecule has 2 aromatic rings. The van der Waals surface area contributed by atoms with Crippen LogP contribution in [0, 0.1) is 0 Å². The summed E-state index contributed by atoms with van der Waals surface area (Å²) in [4.78, 5) is 10.3. The Hall–Kier alpha value is -1.77. The molecule has 0 aliphatic carbocycles. The van der Waals surface area contributed by atoms with Gasteiger partial charge >= 0.3 is 0 Å². The lowest BCUT2D eigenvalue weighted by molar-refractivity contribution is 0.109. The molecule has 0 saturated carbocycles. The van der Waals surface area contributed by atoms with Gasteiger partial charge in [-0.2, -0.15) is 0 Å². The lowest BCUT2D eigenvalue weighted by atomic mass is 10.2. The summed E-state index contributed by atoms with van der Waals surface area (Å²) in [5.74, 6) is -0.100. The van der Waals surface area contributed by atoms with Gasteiger partial charge in [-0.15, -0.1) is 0 Å². The Bertz CT molecular complexity index is 428. The molecule has 1 aromatic carbocycles. The van der Waals surface area contributed by atoms with Crippen LogP contribution in [0.4, 0.5) is 0 Å². The Morgan fingerprint density at radius 3 is 2.75 bits per heavy atom. The lowest BCUT2D eigenvalue weighted by Gasteiger charge is -1.84. The monoisotopic (exact) mass is 162 g/mol. The van der Waals surface area contributed by atoms with Gasteiger partial charge in [0.2, 0.25) is 5.76 Å². The Kier molecular flexibility index (Phi) is 1.37. The van der Waals surface area contributed by atoms with Crippen LogP contribution in [-0.4, -0.2) is 11.4 Å². The van der Waals surface area contributed by atoms with E-state index in [0.29, 0.717) is 17.3 Å². The van der Waals surface area contributed by atoms with Gasteiger partial charge in [-0.3, -0.25) is 4.79 Å². The summed E-state index contributed by atoms with van der Waals surface area (Å²) in [7, 11) is 0. The van der Waals surface area contributed by atoms with Gasteiger partial charge in [0.1, 0.15) is 5.58 Å². The second-order valence-corrected chi connectivity index (χ2v) is 2.43. The van der Waals surface area contributed by atoms with E-state index in [0.717, 1.165) is 0 Å². The third-order valence-electron chi connectivity index (χ3n) is 1.70. The van der Waals surface area contributed by atoms with Gasteiger partial charge in [-0.1, -0.05) is 12.1 Å². The highest BCUT2D eigenvalue weighted by molar-refractivity contribution is 5.92. The first-order chi connectivity index (χ1) is 5.83. The largest absolute Gasteiger partial charge is 0.504 e. The van der Waals surface area contributed by atoms with Crippen LogP contribution in [0.25, 0.3) is 11.0 Å². The molecular formula is C9H6O3. The highest BCUT2D eigenvalue weighted by Gasteiger charge is 2.10. The third-order valence-corrected chi connectivity index (χ3v) is 1.70. The molecule has 0 unspecified atom stereocenters. The van der Waals surface area contributed by atoms with Gasteiger partial charge in [0, 0.05) is 0 Å². The fraction of sp³-hybridized carbons (Fsp3) is 0. The standard InChI is InChI=1S/C9H6O3/c10-5-8-9(11)6-3-1-2-4-7(6)12-8/h1-5,11H. The second-order valence-electron chi connectivity index (χ2n) is 2.43. The lowest BCUT2D eigenvalue weighted by Crippen LogP contribution is -1.70. The normalized spacial score (nSPS) is 10.3. The molecular weight excluding hydrogens is 156 g/mol. The van der Waals surface area contributed by atoms with E-state index in [1.165, 1.54) is 0 Å². The van der Waals surface area contributed by atoms with Gasteiger partial charge in [0.15, 0.2) is 12.0 Å². The summed E-state index contributed by atoms with van der Waals surface area (Å²) in [5.41, 5.74) is 0.525. The number of hydrogen-bond acceptors (Lipinski definition) is 3. The summed E-state index contributed by atoms with van der Waals surface area (Å²) in [6, 6.07) is 6.94. The van der Waals surface area contributed by atoms with E-state index in [4.69, 9.17) is 4.42 Å². The smallest absolute Gasteiger partial charge is 0.209 e. The molecule has 0 radical (unpaired) electrons. The van der Waals surface area contributed by atoms with E-state index < -0.39 is 0 Å². The zero-order chi connectivity index (χ0) is 8.55. The molecule has 0 aliphatic rings. The van der Waals surface area contributed by atoms with E-state index in [9.17, 15) is 9.90 Å². The predicted octanol–water partition coefficient (Wildman–Crippen LogP) is 1.95. The molecule has 0 bridgehead atoms. The van der Waals surface area contributed by atoms with Crippen LogP contribution in [0.15, 0.2) is 28.7 Å². The minimum absolute atomic E-state index is 0.0174. The Morgan fingerprint density at radius 1 is 1.33 bits per heavy atom. The first-order valence-electron chi connectivity index (χ1n) is 3.48. The molecule has 1 aromatic heterocycles. The van der Waals surface area contributed by atoms with Crippen molar-refractivity contribution in [1.29, 1.82) is 0 Å². The SMILES string of the molecule is O=Cc1oc2ccccc2c1O. The Morgan fingerprint density at radius 2 is 2.08 bits per heavy atom. The van der Waals surface area contributed by atoms with Crippen molar-refractivity contribution in [2.45, 2.75) is 0 Å². The van der Waals surface area contributed by atoms with Crippen molar-refractivity contribution in [3.8, 4) is 5.75 Å². The van der Waals surface area contributed by atoms with Crippen LogP contribution < -0.4 is 0 Å². The van der Waals surface area contributed by atoms with Gasteiger partial charge in [0.25, 0.3) is 0 Å². The maximum Gasteiger partial charge on any atom is 0.209 e. The molecule has 1 heterocycles. The molecule has 0 spiro atoms. The number of hydrogen-bond donors (Lipinski definition) is 1. The van der Waals surface area contributed by atoms with E-state index in [1.54, 1.807) is 24.3 Å². The number of carbonyl (C=O) groups is 1. The van der Waals surface area contributed by atoms with Crippen molar-refractivity contribution in [2.24, 2.45) is 0 Å². The molecule has 2 rings (SSSR count). The number of rotatable bonds is 1. The molecule has 3 nitrogen and oxygen atoms in total. The molecule has 60 valence electrons. The average Bonchev–Trinajstić information content (AvgIpc) is 2.44. The van der Waals surface area contributed by atoms with Gasteiger partial charge < -0.3 is 9.52 Å². The van der Waals surface area contributed by atoms with Crippen molar-refractivity contribution in [3.63, 3.8) is 0 Å². The van der Waals surface area contributed by atoms with Crippen LogP contribution >= 0.6 is 0 Å². The molecule has 1 N–H and O–H groups in total. The Labute approximate surface area is 68.2 Å². The van der Waals surface area contributed by atoms with Crippen molar-refractivity contribution in [3.05, 3.63) is 30.0 Å². The maximum absolute atomic E-state index is 10.3. The zero-order valence-corrected chi connectivity index (χ0v) is 6.15. The van der Waals surface area contributed by atoms with Crippen LogP contribution in [0.5, 0.6) is 5.75 Å². The summed E-state index contributed by atoms with van der Waals surface area (Å²) in [6.45, 7) is 0. The summed E-state index contributed by atoms with van der Waals surface area (Å²) < 4.78 is 5.03. The van der Waals surface area contributed by atoms with Crippen LogP contribution in [0.1, 0.15) is 10.6 Å². The van der Waals surface area contributed by atoms with E-state index in [1.807, 2.05) is 0 Å². The van der Waals surface area contributed by atoms with Crippen molar-refractivity contribution >= 4 is 17.3 Å². The van der Waals surface area contributed by atoms with Crippen LogP contribution in [-0.2, 0) is 0 Å². The number of carbonyl (C=O) groups excluding carboxylic acids is 1.